The number of hydrogen-bond acceptors (Lipinski definition) is 6. The van der Waals surface area contributed by atoms with Gasteiger partial charge in [-0.2, -0.15) is 10.2 Å². The second-order valence-corrected chi connectivity index (χ2v) is 9.48. The third-order valence-electron chi connectivity index (χ3n) is 6.13. The number of nitrogens with zero attached hydrogens (tertiary/aromatic N) is 6. The fourth-order valence-electron chi connectivity index (χ4n) is 4.15. The van der Waals surface area contributed by atoms with E-state index in [1.54, 1.807) is 18.5 Å². The number of nitrogens with one attached hydrogen (secondary N) is 1. The molecule has 0 spiro atoms. The van der Waals surface area contributed by atoms with E-state index in [9.17, 15) is 0 Å². The Morgan fingerprint density at radius 3 is 2.60 bits per heavy atom. The maximum atomic E-state index is 6.29. The molecule has 0 radical (unpaired) electrons. The average molecular weight is 506 g/mol. The number of hydrogen-bond donors (Lipinski definition) is 1. The normalized spacial score (nSPS) is 14.4. The van der Waals surface area contributed by atoms with Gasteiger partial charge in [0.05, 0.1) is 33.0 Å². The third-order valence-corrected chi connectivity index (χ3v) is 6.73. The smallest absolute Gasteiger partial charge is 0.214 e. The van der Waals surface area contributed by atoms with Crippen molar-refractivity contribution in [3.8, 4) is 28.4 Å². The number of H-pyrrole nitrogens is 1. The Bertz CT molecular complexity index is 1520. The van der Waals surface area contributed by atoms with Gasteiger partial charge in [-0.05, 0) is 44.9 Å². The van der Waals surface area contributed by atoms with Crippen LogP contribution in [0.2, 0.25) is 10.0 Å². The molecule has 1 atom stereocenters. The number of ether oxygens (including phenoxy) is 1. The van der Waals surface area contributed by atoms with E-state index >= 15 is 0 Å². The molecule has 0 aromatic carbocycles. The molecular weight excluding hydrogens is 485 g/mol. The number of pyridine rings is 3. The molecule has 1 aliphatic carbocycles. The van der Waals surface area contributed by atoms with Crippen LogP contribution >= 0.6 is 23.2 Å². The first-order valence-electron chi connectivity index (χ1n) is 11.3. The lowest BCUT2D eigenvalue weighted by molar-refractivity contribution is 0.218. The monoisotopic (exact) mass is 505 g/mol. The molecule has 0 aliphatic heterocycles. The van der Waals surface area contributed by atoms with Crippen molar-refractivity contribution in [2.24, 2.45) is 0 Å². The van der Waals surface area contributed by atoms with Crippen LogP contribution in [0.1, 0.15) is 43.2 Å². The third kappa shape index (κ3) is 4.13. The SMILES string of the molecule is Cc1nn(C2CC2)cc1-c1ccc(-c2n[nH]c3ccc(O[C@H](C)c4c(Cl)cncc4Cl)nc23)cn1. The number of rotatable bonds is 6. The predicted molar refractivity (Wildman–Crippen MR) is 135 cm³/mol. The summed E-state index contributed by atoms with van der Waals surface area (Å²) in [5.74, 6) is 0.435. The van der Waals surface area contributed by atoms with Crippen molar-refractivity contribution in [1.29, 1.82) is 0 Å². The van der Waals surface area contributed by atoms with Gasteiger partial charge in [0.1, 0.15) is 17.3 Å². The minimum absolute atomic E-state index is 0.418. The lowest BCUT2D eigenvalue weighted by Gasteiger charge is -2.16. The average Bonchev–Trinajstić information content (AvgIpc) is 3.50. The molecule has 1 saturated carbocycles. The number of halogens is 2. The van der Waals surface area contributed by atoms with Crippen LogP contribution in [0.5, 0.6) is 5.88 Å². The molecule has 0 amide bonds. The Morgan fingerprint density at radius 1 is 1.09 bits per heavy atom. The molecule has 1 aliphatic rings. The van der Waals surface area contributed by atoms with Crippen LogP contribution in [-0.4, -0.2) is 34.9 Å². The molecule has 1 fully saturated rings. The lowest BCUT2D eigenvalue weighted by Crippen LogP contribution is -2.06. The molecule has 5 heterocycles. The van der Waals surface area contributed by atoms with Crippen LogP contribution < -0.4 is 4.74 Å². The Morgan fingerprint density at radius 2 is 1.89 bits per heavy atom. The predicted octanol–water partition coefficient (Wildman–Crippen LogP) is 6.37. The molecule has 0 unspecified atom stereocenters. The molecule has 176 valence electrons. The summed E-state index contributed by atoms with van der Waals surface area (Å²) in [5, 5.41) is 13.0. The van der Waals surface area contributed by atoms with E-state index in [0.717, 1.165) is 28.0 Å². The van der Waals surface area contributed by atoms with Crippen molar-refractivity contribution in [2.45, 2.75) is 38.8 Å². The first-order valence-corrected chi connectivity index (χ1v) is 12.1. The van der Waals surface area contributed by atoms with Crippen LogP contribution in [0.25, 0.3) is 33.5 Å². The van der Waals surface area contributed by atoms with E-state index in [4.69, 9.17) is 37.9 Å². The van der Waals surface area contributed by atoms with Gasteiger partial charge in [-0.1, -0.05) is 23.2 Å². The first-order chi connectivity index (χ1) is 17.0. The van der Waals surface area contributed by atoms with Crippen LogP contribution in [0.3, 0.4) is 0 Å². The molecule has 0 saturated heterocycles. The van der Waals surface area contributed by atoms with Crippen LogP contribution in [-0.2, 0) is 0 Å². The second-order valence-electron chi connectivity index (χ2n) is 8.67. The largest absolute Gasteiger partial charge is 0.470 e. The molecule has 5 aromatic heterocycles. The van der Waals surface area contributed by atoms with Crippen molar-refractivity contribution in [2.75, 3.05) is 0 Å². The summed E-state index contributed by atoms with van der Waals surface area (Å²) in [4.78, 5) is 13.4. The Labute approximate surface area is 211 Å². The Kier molecular flexibility index (Phi) is 5.42. The summed E-state index contributed by atoms with van der Waals surface area (Å²) < 4.78 is 8.13. The fraction of sp³-hybridized carbons (Fsp3) is 0.240. The molecule has 10 heteroatoms. The number of aromatic amines is 1. The van der Waals surface area contributed by atoms with E-state index in [-0.39, 0.29) is 0 Å². The van der Waals surface area contributed by atoms with Gasteiger partial charge in [-0.25, -0.2) is 4.98 Å². The summed E-state index contributed by atoms with van der Waals surface area (Å²) in [6.07, 6.45) is 8.96. The zero-order chi connectivity index (χ0) is 24.1. The van der Waals surface area contributed by atoms with E-state index in [1.807, 2.05) is 38.2 Å². The highest BCUT2D eigenvalue weighted by Gasteiger charge is 2.25. The van der Waals surface area contributed by atoms with Crippen molar-refractivity contribution in [3.05, 3.63) is 70.4 Å². The maximum absolute atomic E-state index is 6.29. The highest BCUT2D eigenvalue weighted by atomic mass is 35.5. The zero-order valence-electron chi connectivity index (χ0n) is 19.0. The number of fused-ring (bicyclic) bond motifs is 1. The van der Waals surface area contributed by atoms with Gasteiger partial charge in [0.2, 0.25) is 5.88 Å². The van der Waals surface area contributed by atoms with Gasteiger partial charge in [0.25, 0.3) is 0 Å². The highest BCUT2D eigenvalue weighted by Crippen LogP contribution is 2.36. The fourth-order valence-corrected chi connectivity index (χ4v) is 4.82. The van der Waals surface area contributed by atoms with Crippen molar-refractivity contribution < 1.29 is 4.74 Å². The first kappa shape index (κ1) is 22.0. The van der Waals surface area contributed by atoms with E-state index < -0.39 is 6.10 Å². The van der Waals surface area contributed by atoms with Gasteiger partial charge in [-0.15, -0.1) is 0 Å². The van der Waals surface area contributed by atoms with E-state index in [1.165, 1.54) is 12.8 Å². The van der Waals surface area contributed by atoms with Gasteiger partial charge < -0.3 is 4.74 Å². The minimum Gasteiger partial charge on any atom is -0.470 e. The van der Waals surface area contributed by atoms with Gasteiger partial charge in [0, 0.05) is 47.5 Å². The van der Waals surface area contributed by atoms with Gasteiger partial charge in [-0.3, -0.25) is 19.7 Å². The van der Waals surface area contributed by atoms with Crippen molar-refractivity contribution >= 4 is 34.2 Å². The van der Waals surface area contributed by atoms with Crippen molar-refractivity contribution in [1.82, 2.24) is 34.9 Å². The summed E-state index contributed by atoms with van der Waals surface area (Å²) in [6, 6.07) is 8.19. The highest BCUT2D eigenvalue weighted by molar-refractivity contribution is 6.35. The second kappa shape index (κ2) is 8.62. The number of aromatic nitrogens is 7. The molecular formula is C25H21Cl2N7O. The molecule has 1 N–H and O–H groups in total. The molecule has 6 rings (SSSR count). The van der Waals surface area contributed by atoms with E-state index in [0.29, 0.717) is 38.7 Å². The minimum atomic E-state index is -0.418. The summed E-state index contributed by atoms with van der Waals surface area (Å²) >= 11 is 12.6. The van der Waals surface area contributed by atoms with Crippen LogP contribution in [0, 0.1) is 6.92 Å². The van der Waals surface area contributed by atoms with Gasteiger partial charge in [0.15, 0.2) is 0 Å². The van der Waals surface area contributed by atoms with Crippen molar-refractivity contribution in [3.63, 3.8) is 0 Å². The summed E-state index contributed by atoms with van der Waals surface area (Å²) in [7, 11) is 0. The van der Waals surface area contributed by atoms with Crippen LogP contribution in [0.4, 0.5) is 0 Å². The molecule has 0 bridgehead atoms. The zero-order valence-corrected chi connectivity index (χ0v) is 20.5. The van der Waals surface area contributed by atoms with E-state index in [2.05, 4.69) is 31.2 Å². The topological polar surface area (TPSA) is 94.4 Å². The Hall–Kier alpha value is -3.49. The standard InChI is InChI=1S/C25H21Cl2N7O/c1-13-17(12-34(33-13)16-4-5-16)20-6-3-15(9-29-20)24-25-21(31-32-24)7-8-22(30-25)35-14(2)23-18(26)10-28-11-19(23)27/h3,6-12,14,16H,4-5H2,1-2H3,(H,31,32)/t14-/m1/s1. The summed E-state index contributed by atoms with van der Waals surface area (Å²) in [5.41, 5.74) is 6.61. The molecule has 5 aromatic rings. The lowest BCUT2D eigenvalue weighted by atomic mass is 10.1. The molecule has 8 nitrogen and oxygen atoms in total. The quantitative estimate of drug-likeness (QED) is 0.288. The summed E-state index contributed by atoms with van der Waals surface area (Å²) in [6.45, 7) is 3.88. The van der Waals surface area contributed by atoms with Crippen LogP contribution in [0.15, 0.2) is 49.1 Å². The molecule has 35 heavy (non-hydrogen) atoms. The number of aryl methyl sites for hydroxylation is 1. The maximum Gasteiger partial charge on any atom is 0.214 e. The van der Waals surface area contributed by atoms with Gasteiger partial charge >= 0.3 is 0 Å². The Balaban J connectivity index is 1.29.